The van der Waals surface area contributed by atoms with Crippen LogP contribution in [0.15, 0.2) is 18.2 Å². The van der Waals surface area contributed by atoms with E-state index in [4.69, 9.17) is 0 Å². The molecule has 0 saturated carbocycles. The monoisotopic (exact) mass is 357 g/mol. The van der Waals surface area contributed by atoms with Crippen LogP contribution in [-0.2, 0) is 7.05 Å². The summed E-state index contributed by atoms with van der Waals surface area (Å²) in [5.41, 5.74) is 4.14. The Bertz CT molecular complexity index is 809. The number of amides is 1. The average Bonchev–Trinajstić information content (AvgIpc) is 2.85. The first kappa shape index (κ1) is 18.9. The van der Waals surface area contributed by atoms with E-state index in [9.17, 15) is 9.90 Å². The highest BCUT2D eigenvalue weighted by molar-refractivity contribution is 6.02. The fourth-order valence-electron chi connectivity index (χ4n) is 4.62. The second-order valence-corrected chi connectivity index (χ2v) is 8.13. The van der Waals surface area contributed by atoms with Crippen LogP contribution in [0.2, 0.25) is 0 Å². The lowest BCUT2D eigenvalue weighted by Gasteiger charge is -2.38. The molecule has 5 nitrogen and oxygen atoms in total. The Hall–Kier alpha value is -1.85. The summed E-state index contributed by atoms with van der Waals surface area (Å²) in [5.74, 6) is 0.647. The number of carbonyl (C=O) groups is 1. The number of aromatic nitrogens is 1. The van der Waals surface area contributed by atoms with Crippen LogP contribution in [0.3, 0.4) is 0 Å². The highest BCUT2D eigenvalue weighted by Gasteiger charge is 2.32. The zero-order chi connectivity index (χ0) is 19.0. The Kier molecular flexibility index (Phi) is 5.39. The SMILES string of the molecule is Cc1c(C(=O)N2C[C@@H](CN(C)C)C[C@H](CO)C2)n(C)c2c(C)cccc12. The Morgan fingerprint density at radius 2 is 1.92 bits per heavy atom. The molecular weight excluding hydrogens is 326 g/mol. The molecule has 1 fully saturated rings. The maximum atomic E-state index is 13.4. The molecular formula is C21H31N3O2. The van der Waals surface area contributed by atoms with Crippen molar-refractivity contribution >= 4 is 16.8 Å². The van der Waals surface area contributed by atoms with Gasteiger partial charge in [-0.05, 0) is 57.3 Å². The molecule has 1 aromatic carbocycles. The van der Waals surface area contributed by atoms with Crippen LogP contribution in [0.25, 0.3) is 10.9 Å². The van der Waals surface area contributed by atoms with Crippen molar-refractivity contribution in [3.8, 4) is 0 Å². The number of aliphatic hydroxyl groups is 1. The molecule has 2 atom stereocenters. The summed E-state index contributed by atoms with van der Waals surface area (Å²) in [7, 11) is 6.11. The molecule has 5 heteroatoms. The highest BCUT2D eigenvalue weighted by Crippen LogP contribution is 2.30. The molecule has 1 aliphatic rings. The zero-order valence-corrected chi connectivity index (χ0v) is 16.6. The number of carbonyl (C=O) groups excluding carboxylic acids is 1. The van der Waals surface area contributed by atoms with Gasteiger partial charge in [-0.2, -0.15) is 0 Å². The number of hydrogen-bond donors (Lipinski definition) is 1. The minimum atomic E-state index is 0.0857. The molecule has 26 heavy (non-hydrogen) atoms. The zero-order valence-electron chi connectivity index (χ0n) is 16.6. The molecule has 2 aromatic rings. The number of nitrogens with zero attached hydrogens (tertiary/aromatic N) is 3. The molecule has 1 saturated heterocycles. The van der Waals surface area contributed by atoms with Crippen LogP contribution < -0.4 is 0 Å². The lowest BCUT2D eigenvalue weighted by atomic mass is 9.89. The molecule has 2 heterocycles. The van der Waals surface area contributed by atoms with Crippen molar-refractivity contribution in [2.45, 2.75) is 20.3 Å². The first-order chi connectivity index (χ1) is 12.3. The molecule has 1 aliphatic heterocycles. The lowest BCUT2D eigenvalue weighted by molar-refractivity contribution is 0.0469. The number of benzene rings is 1. The Balaban J connectivity index is 1.95. The first-order valence-corrected chi connectivity index (χ1v) is 9.43. The van der Waals surface area contributed by atoms with Gasteiger partial charge in [0.25, 0.3) is 5.91 Å². The molecule has 0 aliphatic carbocycles. The summed E-state index contributed by atoms with van der Waals surface area (Å²) in [6, 6.07) is 6.23. The maximum absolute atomic E-state index is 13.4. The van der Waals surface area contributed by atoms with Gasteiger partial charge in [0.1, 0.15) is 5.69 Å². The largest absolute Gasteiger partial charge is 0.396 e. The molecule has 3 rings (SSSR count). The quantitative estimate of drug-likeness (QED) is 0.914. The van der Waals surface area contributed by atoms with Gasteiger partial charge < -0.3 is 19.5 Å². The van der Waals surface area contributed by atoms with E-state index >= 15 is 0 Å². The summed E-state index contributed by atoms with van der Waals surface area (Å²) in [5, 5.41) is 10.9. The number of fused-ring (bicyclic) bond motifs is 1. The van der Waals surface area contributed by atoms with Gasteiger partial charge in [-0.1, -0.05) is 18.2 Å². The van der Waals surface area contributed by atoms with Crippen LogP contribution in [-0.4, -0.2) is 65.7 Å². The Morgan fingerprint density at radius 3 is 2.54 bits per heavy atom. The number of likely N-dealkylation sites (tertiary alicyclic amines) is 1. The lowest BCUT2D eigenvalue weighted by Crippen LogP contribution is -2.47. The second-order valence-electron chi connectivity index (χ2n) is 8.13. The van der Waals surface area contributed by atoms with Gasteiger partial charge in [-0.3, -0.25) is 4.79 Å². The predicted octanol–water partition coefficient (Wildman–Crippen LogP) is 2.43. The van der Waals surface area contributed by atoms with Crippen LogP contribution in [0.5, 0.6) is 0 Å². The standard InChI is InChI=1S/C21H31N3O2/c1-14-7-6-8-18-15(2)20(23(5)19(14)18)21(26)24-11-16(10-22(3)4)9-17(12-24)13-25/h6-8,16-17,25H,9-13H2,1-5H3/t16-,17+/m1/s1. The molecule has 1 amide bonds. The second kappa shape index (κ2) is 7.41. The van der Waals surface area contributed by atoms with Crippen LogP contribution >= 0.6 is 0 Å². The topological polar surface area (TPSA) is 48.7 Å². The van der Waals surface area contributed by atoms with Gasteiger partial charge >= 0.3 is 0 Å². The number of rotatable bonds is 4. The van der Waals surface area contributed by atoms with E-state index in [0.29, 0.717) is 12.5 Å². The maximum Gasteiger partial charge on any atom is 0.270 e. The first-order valence-electron chi connectivity index (χ1n) is 9.43. The van der Waals surface area contributed by atoms with Gasteiger partial charge in [0.2, 0.25) is 0 Å². The van der Waals surface area contributed by atoms with Crippen LogP contribution in [0.4, 0.5) is 0 Å². The Morgan fingerprint density at radius 1 is 1.23 bits per heavy atom. The van der Waals surface area contributed by atoms with Gasteiger partial charge in [0.05, 0.1) is 5.52 Å². The smallest absolute Gasteiger partial charge is 0.270 e. The van der Waals surface area contributed by atoms with E-state index < -0.39 is 0 Å². The van der Waals surface area contributed by atoms with Crippen molar-refractivity contribution in [2.24, 2.45) is 18.9 Å². The van der Waals surface area contributed by atoms with E-state index in [1.54, 1.807) is 0 Å². The number of aliphatic hydroxyl groups excluding tert-OH is 1. The molecule has 1 aromatic heterocycles. The van der Waals surface area contributed by atoms with Crippen LogP contribution in [0.1, 0.15) is 28.0 Å². The molecule has 0 spiro atoms. The Labute approximate surface area is 156 Å². The summed E-state index contributed by atoms with van der Waals surface area (Å²) in [4.78, 5) is 17.5. The van der Waals surface area contributed by atoms with E-state index in [1.165, 1.54) is 5.56 Å². The normalized spacial score (nSPS) is 21.0. The number of piperidine rings is 1. The van der Waals surface area contributed by atoms with Gasteiger partial charge in [-0.15, -0.1) is 0 Å². The third kappa shape index (κ3) is 3.38. The van der Waals surface area contributed by atoms with Crippen molar-refractivity contribution < 1.29 is 9.90 Å². The predicted molar refractivity (Wildman–Crippen MR) is 106 cm³/mol. The van der Waals surface area contributed by atoms with Gasteiger partial charge in [0, 0.05) is 38.7 Å². The average molecular weight is 357 g/mol. The third-order valence-corrected chi connectivity index (χ3v) is 5.66. The van der Waals surface area contributed by atoms with Gasteiger partial charge in [-0.25, -0.2) is 0 Å². The van der Waals surface area contributed by atoms with Crippen molar-refractivity contribution in [1.82, 2.24) is 14.4 Å². The van der Waals surface area contributed by atoms with E-state index in [1.807, 2.05) is 23.4 Å². The van der Waals surface area contributed by atoms with E-state index in [2.05, 4.69) is 44.1 Å². The molecule has 142 valence electrons. The van der Waals surface area contributed by atoms with E-state index in [-0.39, 0.29) is 18.4 Å². The number of hydrogen-bond acceptors (Lipinski definition) is 3. The highest BCUT2D eigenvalue weighted by atomic mass is 16.3. The van der Waals surface area contributed by atoms with Crippen molar-refractivity contribution in [1.29, 1.82) is 0 Å². The van der Waals surface area contributed by atoms with Gasteiger partial charge in [0.15, 0.2) is 0 Å². The number of para-hydroxylation sites is 1. The number of aryl methyl sites for hydroxylation is 3. The summed E-state index contributed by atoms with van der Waals surface area (Å²) < 4.78 is 2.05. The van der Waals surface area contributed by atoms with Crippen LogP contribution in [0, 0.1) is 25.7 Å². The molecule has 1 N–H and O–H groups in total. The molecule has 0 bridgehead atoms. The fraction of sp³-hybridized carbons (Fsp3) is 0.571. The minimum absolute atomic E-state index is 0.0857. The third-order valence-electron chi connectivity index (χ3n) is 5.66. The fourth-order valence-corrected chi connectivity index (χ4v) is 4.62. The van der Waals surface area contributed by atoms with Crippen molar-refractivity contribution in [3.63, 3.8) is 0 Å². The summed E-state index contributed by atoms with van der Waals surface area (Å²) >= 11 is 0. The van der Waals surface area contributed by atoms with Crippen molar-refractivity contribution in [3.05, 3.63) is 35.0 Å². The van der Waals surface area contributed by atoms with E-state index in [0.717, 1.165) is 41.7 Å². The summed E-state index contributed by atoms with van der Waals surface area (Å²) in [6.45, 7) is 6.60. The van der Waals surface area contributed by atoms with Crippen molar-refractivity contribution in [2.75, 3.05) is 40.3 Å². The summed E-state index contributed by atoms with van der Waals surface area (Å²) in [6.07, 6.45) is 0.978. The molecule has 0 unspecified atom stereocenters. The molecule has 0 radical (unpaired) electrons. The minimum Gasteiger partial charge on any atom is -0.396 e.